The van der Waals surface area contributed by atoms with Crippen LogP contribution in [0.25, 0.3) is 0 Å². The molecular weight excluding hydrogens is 260 g/mol. The summed E-state index contributed by atoms with van der Waals surface area (Å²) in [5.74, 6) is 2.68. The molecule has 0 saturated heterocycles. The van der Waals surface area contributed by atoms with Crippen molar-refractivity contribution in [2.75, 3.05) is 0 Å². The van der Waals surface area contributed by atoms with E-state index in [0.717, 1.165) is 18.7 Å². The highest BCUT2D eigenvalue weighted by molar-refractivity contribution is 5.31. The van der Waals surface area contributed by atoms with Gasteiger partial charge in [0.05, 0.1) is 11.0 Å². The number of nitro groups is 1. The van der Waals surface area contributed by atoms with Gasteiger partial charge in [-0.3, -0.25) is 19.9 Å². The number of nitrogens with zero attached hydrogens (tertiary/aromatic N) is 5. The summed E-state index contributed by atoms with van der Waals surface area (Å²) < 4.78 is 1.77. The molecule has 104 valence electrons. The fourth-order valence-corrected chi connectivity index (χ4v) is 3.65. The number of aromatic nitrogens is 5. The lowest BCUT2D eigenvalue weighted by atomic mass is 10.1. The SMILES string of the molecule is Cc1nn(C2CC3C(C2)C3c2ncn[nH]2)cc1[N+](=O)[O-]. The van der Waals surface area contributed by atoms with Crippen LogP contribution in [0.3, 0.4) is 0 Å². The zero-order valence-corrected chi connectivity index (χ0v) is 10.9. The van der Waals surface area contributed by atoms with Crippen molar-refractivity contribution in [3.63, 3.8) is 0 Å². The molecule has 2 aromatic rings. The Kier molecular flexibility index (Phi) is 2.24. The van der Waals surface area contributed by atoms with Gasteiger partial charge >= 0.3 is 5.69 Å². The minimum Gasteiger partial charge on any atom is -0.263 e. The van der Waals surface area contributed by atoms with Gasteiger partial charge in [-0.25, -0.2) is 4.98 Å². The first-order chi connectivity index (χ1) is 9.65. The van der Waals surface area contributed by atoms with Gasteiger partial charge in [0.25, 0.3) is 0 Å². The van der Waals surface area contributed by atoms with Crippen LogP contribution < -0.4 is 0 Å². The van der Waals surface area contributed by atoms with Crippen LogP contribution in [0.15, 0.2) is 12.5 Å². The maximum atomic E-state index is 10.9. The summed E-state index contributed by atoms with van der Waals surface area (Å²) in [4.78, 5) is 14.7. The van der Waals surface area contributed by atoms with Crippen LogP contribution in [0.1, 0.15) is 36.3 Å². The highest BCUT2D eigenvalue weighted by atomic mass is 16.6. The third-order valence-electron chi connectivity index (χ3n) is 4.63. The lowest BCUT2D eigenvalue weighted by Gasteiger charge is -2.13. The lowest BCUT2D eigenvalue weighted by molar-refractivity contribution is -0.385. The highest BCUT2D eigenvalue weighted by Crippen LogP contribution is 2.65. The predicted molar refractivity (Wildman–Crippen MR) is 68.0 cm³/mol. The Morgan fingerprint density at radius 3 is 2.75 bits per heavy atom. The molecule has 0 spiro atoms. The molecule has 2 aliphatic rings. The Morgan fingerprint density at radius 1 is 1.45 bits per heavy atom. The van der Waals surface area contributed by atoms with E-state index in [1.807, 2.05) is 0 Å². The monoisotopic (exact) mass is 274 g/mol. The van der Waals surface area contributed by atoms with Gasteiger partial charge in [-0.2, -0.15) is 10.2 Å². The Bertz CT molecular complexity index is 652. The van der Waals surface area contributed by atoms with E-state index in [1.54, 1.807) is 24.1 Å². The molecule has 0 amide bonds. The molecular formula is C12H14N6O2. The summed E-state index contributed by atoms with van der Waals surface area (Å²) in [5, 5.41) is 22.0. The van der Waals surface area contributed by atoms with Gasteiger partial charge in [-0.05, 0) is 31.6 Å². The van der Waals surface area contributed by atoms with Gasteiger partial charge in [-0.1, -0.05) is 0 Å². The number of aryl methyl sites for hydroxylation is 1. The van der Waals surface area contributed by atoms with E-state index >= 15 is 0 Å². The van der Waals surface area contributed by atoms with Gasteiger partial charge in [0, 0.05) is 5.92 Å². The van der Waals surface area contributed by atoms with Gasteiger partial charge < -0.3 is 0 Å². The van der Waals surface area contributed by atoms with Crippen molar-refractivity contribution in [3.8, 4) is 0 Å². The van der Waals surface area contributed by atoms with E-state index in [1.165, 1.54) is 0 Å². The normalized spacial score (nSPS) is 31.2. The number of aromatic amines is 1. The summed E-state index contributed by atoms with van der Waals surface area (Å²) >= 11 is 0. The predicted octanol–water partition coefficient (Wildman–Crippen LogP) is 1.58. The fourth-order valence-electron chi connectivity index (χ4n) is 3.65. The number of hydrogen-bond acceptors (Lipinski definition) is 5. The average molecular weight is 274 g/mol. The molecule has 20 heavy (non-hydrogen) atoms. The number of rotatable bonds is 3. The van der Waals surface area contributed by atoms with Crippen molar-refractivity contribution in [1.82, 2.24) is 25.0 Å². The van der Waals surface area contributed by atoms with Crippen LogP contribution in [0, 0.1) is 28.9 Å². The lowest BCUT2D eigenvalue weighted by Crippen LogP contribution is -2.09. The van der Waals surface area contributed by atoms with Gasteiger partial charge in [0.2, 0.25) is 0 Å². The second kappa shape index (κ2) is 3.87. The number of hydrogen-bond donors (Lipinski definition) is 1. The molecule has 8 nitrogen and oxygen atoms in total. The molecule has 2 aliphatic carbocycles. The smallest absolute Gasteiger partial charge is 0.263 e. The second-order valence-electron chi connectivity index (χ2n) is 5.69. The fraction of sp³-hybridized carbons (Fsp3) is 0.583. The third-order valence-corrected chi connectivity index (χ3v) is 4.63. The van der Waals surface area contributed by atoms with E-state index in [0.29, 0.717) is 23.4 Å². The number of H-pyrrole nitrogens is 1. The summed E-state index contributed by atoms with van der Waals surface area (Å²) in [6.45, 7) is 1.68. The highest BCUT2D eigenvalue weighted by Gasteiger charge is 2.58. The molecule has 0 aromatic carbocycles. The quantitative estimate of drug-likeness (QED) is 0.676. The van der Waals surface area contributed by atoms with Gasteiger partial charge in [0.1, 0.15) is 24.0 Å². The summed E-state index contributed by atoms with van der Waals surface area (Å²) in [6, 6.07) is 0.275. The minimum absolute atomic E-state index is 0.109. The molecule has 0 aliphatic heterocycles. The van der Waals surface area contributed by atoms with E-state index in [-0.39, 0.29) is 16.7 Å². The minimum atomic E-state index is -0.369. The van der Waals surface area contributed by atoms with Crippen LogP contribution in [0.2, 0.25) is 0 Å². The van der Waals surface area contributed by atoms with E-state index < -0.39 is 0 Å². The van der Waals surface area contributed by atoms with Crippen LogP contribution in [-0.4, -0.2) is 29.9 Å². The molecule has 2 atom stereocenters. The molecule has 2 aromatic heterocycles. The Balaban J connectivity index is 1.49. The zero-order chi connectivity index (χ0) is 13.9. The molecule has 0 bridgehead atoms. The summed E-state index contributed by atoms with van der Waals surface area (Å²) in [7, 11) is 0. The van der Waals surface area contributed by atoms with Gasteiger partial charge in [-0.15, -0.1) is 0 Å². The zero-order valence-electron chi connectivity index (χ0n) is 10.9. The van der Waals surface area contributed by atoms with E-state index in [9.17, 15) is 10.1 Å². The Hall–Kier alpha value is -2.25. The first kappa shape index (κ1) is 11.6. The van der Waals surface area contributed by atoms with Crippen molar-refractivity contribution in [2.24, 2.45) is 11.8 Å². The van der Waals surface area contributed by atoms with Gasteiger partial charge in [0.15, 0.2) is 0 Å². The maximum absolute atomic E-state index is 10.9. The van der Waals surface area contributed by atoms with Crippen molar-refractivity contribution < 1.29 is 4.92 Å². The molecule has 2 heterocycles. The number of fused-ring (bicyclic) bond motifs is 1. The van der Waals surface area contributed by atoms with Crippen LogP contribution in [0.4, 0.5) is 5.69 Å². The molecule has 2 saturated carbocycles. The molecule has 2 fully saturated rings. The molecule has 1 N–H and O–H groups in total. The summed E-state index contributed by atoms with van der Waals surface area (Å²) in [6.07, 6.45) is 5.12. The molecule has 0 radical (unpaired) electrons. The average Bonchev–Trinajstić information content (AvgIpc) is 2.93. The van der Waals surface area contributed by atoms with E-state index in [4.69, 9.17) is 0 Å². The Labute approximate surface area is 114 Å². The first-order valence-electron chi connectivity index (χ1n) is 6.70. The van der Waals surface area contributed by atoms with Crippen LogP contribution in [0.5, 0.6) is 0 Å². The Morgan fingerprint density at radius 2 is 2.20 bits per heavy atom. The second-order valence-corrected chi connectivity index (χ2v) is 5.69. The van der Waals surface area contributed by atoms with Crippen molar-refractivity contribution >= 4 is 5.69 Å². The largest absolute Gasteiger partial charge is 0.309 e. The maximum Gasteiger partial charge on any atom is 0.309 e. The van der Waals surface area contributed by atoms with Crippen molar-refractivity contribution in [3.05, 3.63) is 34.2 Å². The summed E-state index contributed by atoms with van der Waals surface area (Å²) in [5.41, 5.74) is 0.597. The van der Waals surface area contributed by atoms with Crippen LogP contribution in [-0.2, 0) is 0 Å². The third kappa shape index (κ3) is 1.57. The standard InChI is InChI=1S/C12H14N6O2/c1-6-10(18(19)20)4-17(16-6)7-2-8-9(3-7)11(8)12-13-5-14-15-12/h4-5,7-9,11H,2-3H2,1H3,(H,13,14,15). The van der Waals surface area contributed by atoms with Crippen molar-refractivity contribution in [1.29, 1.82) is 0 Å². The molecule has 8 heteroatoms. The van der Waals surface area contributed by atoms with Crippen molar-refractivity contribution in [2.45, 2.75) is 31.7 Å². The topological polar surface area (TPSA) is 103 Å². The van der Waals surface area contributed by atoms with Crippen LogP contribution >= 0.6 is 0 Å². The molecule has 4 rings (SSSR count). The first-order valence-corrected chi connectivity index (χ1v) is 6.70. The molecule has 2 unspecified atom stereocenters. The van der Waals surface area contributed by atoms with E-state index in [2.05, 4.69) is 20.3 Å². The number of nitrogens with one attached hydrogen (secondary N) is 1.